The maximum Gasteiger partial charge on any atom is 0.137 e. The number of hydrogen-bond acceptors (Lipinski definition) is 3. The van der Waals surface area contributed by atoms with Gasteiger partial charge >= 0.3 is 0 Å². The first-order valence-corrected chi connectivity index (χ1v) is 6.38. The summed E-state index contributed by atoms with van der Waals surface area (Å²) in [6.07, 6.45) is 2.45. The second kappa shape index (κ2) is 5.71. The van der Waals surface area contributed by atoms with Crippen molar-refractivity contribution in [1.29, 1.82) is 0 Å². The topological polar surface area (TPSA) is 33.3 Å². The van der Waals surface area contributed by atoms with E-state index >= 15 is 0 Å². The predicted molar refractivity (Wildman–Crippen MR) is 70.8 cm³/mol. The lowest BCUT2D eigenvalue weighted by atomic mass is 9.98. The molecule has 0 aliphatic carbocycles. The Labute approximate surface area is 107 Å². The second-order valence-corrected chi connectivity index (χ2v) is 4.77. The Balaban J connectivity index is 2.23. The maximum absolute atomic E-state index is 6.04. The quantitative estimate of drug-likeness (QED) is 0.866. The minimum atomic E-state index is 0.309. The van der Waals surface area contributed by atoms with E-state index in [1.54, 1.807) is 7.11 Å². The normalized spacial score (nSPS) is 21.5. The maximum atomic E-state index is 6.04. The van der Waals surface area contributed by atoms with Gasteiger partial charge in [0.25, 0.3) is 0 Å². The molecule has 2 atom stereocenters. The van der Waals surface area contributed by atoms with Crippen molar-refractivity contribution >= 4 is 11.6 Å². The van der Waals surface area contributed by atoms with E-state index in [1.165, 1.54) is 18.4 Å². The van der Waals surface area contributed by atoms with Crippen LogP contribution in [0.2, 0.25) is 5.02 Å². The molecule has 4 heteroatoms. The van der Waals surface area contributed by atoms with Crippen LogP contribution in [0.25, 0.3) is 0 Å². The number of benzene rings is 1. The van der Waals surface area contributed by atoms with E-state index in [-0.39, 0.29) is 0 Å². The van der Waals surface area contributed by atoms with Crippen molar-refractivity contribution in [2.24, 2.45) is 0 Å². The zero-order valence-electron chi connectivity index (χ0n) is 10.3. The van der Waals surface area contributed by atoms with Gasteiger partial charge in [0.15, 0.2) is 0 Å². The average molecular weight is 255 g/mol. The highest BCUT2D eigenvalue weighted by Crippen LogP contribution is 2.30. The van der Waals surface area contributed by atoms with E-state index in [4.69, 9.17) is 16.3 Å². The summed E-state index contributed by atoms with van der Waals surface area (Å²) in [4.78, 5) is 0. The first kappa shape index (κ1) is 12.7. The summed E-state index contributed by atoms with van der Waals surface area (Å²) in [6.45, 7) is 1.10. The summed E-state index contributed by atoms with van der Waals surface area (Å²) in [6, 6.07) is 6.78. The van der Waals surface area contributed by atoms with Crippen molar-refractivity contribution in [2.75, 3.05) is 20.7 Å². The molecule has 1 aromatic rings. The van der Waals surface area contributed by atoms with Gasteiger partial charge in [-0.05, 0) is 44.1 Å². The van der Waals surface area contributed by atoms with Gasteiger partial charge < -0.3 is 15.4 Å². The number of likely N-dealkylation sites (N-methyl/N-ethyl adjacent to an activating group) is 1. The number of ether oxygens (including phenoxy) is 1. The third-order valence-electron chi connectivity index (χ3n) is 3.35. The van der Waals surface area contributed by atoms with E-state index in [0.717, 1.165) is 12.3 Å². The smallest absolute Gasteiger partial charge is 0.137 e. The Bertz CT molecular complexity index is 378. The lowest BCUT2D eigenvalue weighted by Gasteiger charge is -2.24. The lowest BCUT2D eigenvalue weighted by Crippen LogP contribution is -2.36. The molecule has 2 rings (SSSR count). The summed E-state index contributed by atoms with van der Waals surface area (Å²) in [7, 11) is 3.64. The number of nitrogens with one attached hydrogen (secondary N) is 2. The van der Waals surface area contributed by atoms with Crippen LogP contribution >= 0.6 is 11.6 Å². The summed E-state index contributed by atoms with van der Waals surface area (Å²) >= 11 is 6.04. The van der Waals surface area contributed by atoms with E-state index in [0.29, 0.717) is 17.1 Å². The highest BCUT2D eigenvalue weighted by Gasteiger charge is 2.25. The van der Waals surface area contributed by atoms with Crippen molar-refractivity contribution in [2.45, 2.75) is 24.9 Å². The van der Waals surface area contributed by atoms with Crippen molar-refractivity contribution < 1.29 is 4.74 Å². The molecule has 0 spiro atoms. The molecule has 3 nitrogen and oxygen atoms in total. The number of rotatable bonds is 4. The molecule has 94 valence electrons. The van der Waals surface area contributed by atoms with Gasteiger partial charge in [-0.25, -0.2) is 0 Å². The van der Waals surface area contributed by atoms with Crippen molar-refractivity contribution in [3.05, 3.63) is 28.8 Å². The molecule has 1 fully saturated rings. The molecule has 0 bridgehead atoms. The van der Waals surface area contributed by atoms with Crippen LogP contribution in [0.5, 0.6) is 5.75 Å². The van der Waals surface area contributed by atoms with Gasteiger partial charge in [-0.15, -0.1) is 0 Å². The molecule has 1 aromatic carbocycles. The first-order chi connectivity index (χ1) is 8.26. The minimum Gasteiger partial charge on any atom is -0.495 e. The zero-order valence-corrected chi connectivity index (χ0v) is 11.1. The van der Waals surface area contributed by atoms with Crippen LogP contribution in [0.15, 0.2) is 18.2 Å². The van der Waals surface area contributed by atoms with Gasteiger partial charge in [0.2, 0.25) is 0 Å². The lowest BCUT2D eigenvalue weighted by molar-refractivity contribution is 0.408. The third kappa shape index (κ3) is 2.73. The fourth-order valence-corrected chi connectivity index (χ4v) is 2.66. The number of halogens is 1. The molecule has 1 saturated heterocycles. The zero-order chi connectivity index (χ0) is 12.3. The fourth-order valence-electron chi connectivity index (χ4n) is 2.47. The predicted octanol–water partition coefficient (Wildman–Crippen LogP) is 2.36. The molecular formula is C13H19ClN2O. The van der Waals surface area contributed by atoms with Gasteiger partial charge in [0.05, 0.1) is 12.1 Å². The third-order valence-corrected chi connectivity index (χ3v) is 3.66. The summed E-state index contributed by atoms with van der Waals surface area (Å²) in [5, 5.41) is 7.55. The molecular weight excluding hydrogens is 236 g/mol. The minimum absolute atomic E-state index is 0.309. The van der Waals surface area contributed by atoms with Gasteiger partial charge in [-0.1, -0.05) is 17.7 Å². The monoisotopic (exact) mass is 254 g/mol. The average Bonchev–Trinajstić information content (AvgIpc) is 2.86. The Morgan fingerprint density at radius 1 is 1.53 bits per heavy atom. The van der Waals surface area contributed by atoms with Gasteiger partial charge in [-0.2, -0.15) is 0 Å². The Morgan fingerprint density at radius 2 is 2.35 bits per heavy atom. The number of methoxy groups -OCH3 is 1. The fraction of sp³-hybridized carbons (Fsp3) is 0.538. The molecule has 17 heavy (non-hydrogen) atoms. The largest absolute Gasteiger partial charge is 0.495 e. The van der Waals surface area contributed by atoms with Crippen LogP contribution in [-0.2, 0) is 0 Å². The molecule has 1 unspecified atom stereocenters. The van der Waals surface area contributed by atoms with E-state index in [2.05, 4.69) is 16.7 Å². The number of hydrogen-bond donors (Lipinski definition) is 2. The highest BCUT2D eigenvalue weighted by atomic mass is 35.5. The van der Waals surface area contributed by atoms with Crippen molar-refractivity contribution in [3.8, 4) is 5.75 Å². The molecule has 1 aliphatic rings. The Kier molecular flexibility index (Phi) is 4.26. The van der Waals surface area contributed by atoms with Crippen molar-refractivity contribution in [3.63, 3.8) is 0 Å². The van der Waals surface area contributed by atoms with E-state index in [9.17, 15) is 0 Å². The molecule has 0 aromatic heterocycles. The molecule has 1 aliphatic heterocycles. The summed E-state index contributed by atoms with van der Waals surface area (Å²) < 4.78 is 5.26. The summed E-state index contributed by atoms with van der Waals surface area (Å²) in [5.41, 5.74) is 1.22. The highest BCUT2D eigenvalue weighted by molar-refractivity contribution is 6.32. The molecule has 2 N–H and O–H groups in total. The van der Waals surface area contributed by atoms with Crippen LogP contribution in [0.4, 0.5) is 0 Å². The summed E-state index contributed by atoms with van der Waals surface area (Å²) in [5.74, 6) is 0.738. The Morgan fingerprint density at radius 3 is 2.94 bits per heavy atom. The van der Waals surface area contributed by atoms with Gasteiger partial charge in [-0.3, -0.25) is 0 Å². The van der Waals surface area contributed by atoms with Gasteiger partial charge in [0, 0.05) is 12.1 Å². The van der Waals surface area contributed by atoms with E-state index in [1.807, 2.05) is 19.2 Å². The van der Waals surface area contributed by atoms with Gasteiger partial charge in [0.1, 0.15) is 5.75 Å². The molecule has 0 saturated carbocycles. The van der Waals surface area contributed by atoms with Crippen molar-refractivity contribution in [1.82, 2.24) is 10.6 Å². The first-order valence-electron chi connectivity index (χ1n) is 6.00. The molecule has 0 radical (unpaired) electrons. The molecule has 0 amide bonds. The van der Waals surface area contributed by atoms with Crippen LogP contribution in [0.3, 0.4) is 0 Å². The van der Waals surface area contributed by atoms with Crippen LogP contribution in [-0.4, -0.2) is 26.7 Å². The Hall–Kier alpha value is -0.770. The van der Waals surface area contributed by atoms with Crippen LogP contribution in [0, 0.1) is 0 Å². The second-order valence-electron chi connectivity index (χ2n) is 4.36. The molecule has 1 heterocycles. The van der Waals surface area contributed by atoms with E-state index < -0.39 is 0 Å². The standard InChI is InChI=1S/C13H19ClN2O/c1-15-13(11-4-3-7-16-11)9-5-6-10(14)12(8-9)17-2/h5-6,8,11,13,15-16H,3-4,7H2,1-2H3/t11?,13-/m0/s1. The van der Waals surface area contributed by atoms with Crippen LogP contribution in [0.1, 0.15) is 24.4 Å². The van der Waals surface area contributed by atoms with Crippen LogP contribution < -0.4 is 15.4 Å². The SMILES string of the molecule is CN[C@@H](c1ccc(Cl)c(OC)c1)C1CCCN1.